The van der Waals surface area contributed by atoms with Crippen molar-refractivity contribution in [1.82, 2.24) is 9.97 Å². The number of anilines is 6. The monoisotopic (exact) mass is 844 g/mol. The number of aromatic nitrogens is 2. The summed E-state index contributed by atoms with van der Waals surface area (Å²) < 4.78 is 13.0. The summed E-state index contributed by atoms with van der Waals surface area (Å²) in [5, 5.41) is 8.87. The molecular weight excluding hydrogens is 809 g/mol. The van der Waals surface area contributed by atoms with E-state index in [9.17, 15) is 0 Å². The lowest BCUT2D eigenvalue weighted by Crippen LogP contribution is -2.16. The molecule has 0 unspecified atom stereocenters. The van der Waals surface area contributed by atoms with Crippen molar-refractivity contribution in [2.75, 3.05) is 9.80 Å². The summed E-state index contributed by atoms with van der Waals surface area (Å²) in [4.78, 5) is 15.1. The summed E-state index contributed by atoms with van der Waals surface area (Å²) in [6.45, 7) is 0. The van der Waals surface area contributed by atoms with E-state index in [1.807, 2.05) is 60.8 Å². The third kappa shape index (κ3) is 5.55. The number of rotatable bonds is 4. The van der Waals surface area contributed by atoms with E-state index in [0.29, 0.717) is 0 Å². The van der Waals surface area contributed by atoms with Crippen molar-refractivity contribution in [2.45, 2.75) is 0 Å². The summed E-state index contributed by atoms with van der Waals surface area (Å²) in [7, 11) is 0. The van der Waals surface area contributed by atoms with Gasteiger partial charge in [0.05, 0.1) is 39.5 Å². The Hall–Kier alpha value is -9.00. The largest absolute Gasteiger partial charge is 0.453 e. The fourth-order valence-electron chi connectivity index (χ4n) is 10.2. The van der Waals surface area contributed by atoms with Crippen molar-refractivity contribution >= 4 is 88.2 Å². The molecule has 2 aliphatic heterocycles. The Kier molecular flexibility index (Phi) is 7.88. The summed E-state index contributed by atoms with van der Waals surface area (Å²) in [6.07, 6.45) is 1.85. The average molecular weight is 845 g/mol. The Balaban J connectivity index is 1.12. The van der Waals surface area contributed by atoms with Gasteiger partial charge in [0, 0.05) is 33.9 Å². The number of benzene rings is 10. The molecule has 12 aromatic rings. The maximum Gasteiger partial charge on any atom is 0.151 e. The van der Waals surface area contributed by atoms with E-state index in [0.717, 1.165) is 123 Å². The van der Waals surface area contributed by atoms with Gasteiger partial charge in [-0.1, -0.05) is 121 Å². The topological polar surface area (TPSA) is 50.7 Å². The highest BCUT2D eigenvalue weighted by Crippen LogP contribution is 2.54. The van der Waals surface area contributed by atoms with Crippen molar-refractivity contribution in [3.63, 3.8) is 0 Å². The zero-order valence-corrected chi connectivity index (χ0v) is 35.4. The van der Waals surface area contributed by atoms with Gasteiger partial charge in [0.2, 0.25) is 0 Å². The first-order valence-corrected chi connectivity index (χ1v) is 22.2. The van der Waals surface area contributed by atoms with E-state index in [1.54, 1.807) is 0 Å². The molecule has 2 aromatic heterocycles. The normalized spacial score (nSPS) is 12.7. The predicted octanol–water partition coefficient (Wildman–Crippen LogP) is 16.7. The average Bonchev–Trinajstić information content (AvgIpc) is 3.38. The summed E-state index contributed by atoms with van der Waals surface area (Å²) in [5.74, 6) is 3.23. The Morgan fingerprint density at radius 2 is 0.803 bits per heavy atom. The van der Waals surface area contributed by atoms with Gasteiger partial charge in [-0.2, -0.15) is 0 Å². The van der Waals surface area contributed by atoms with Gasteiger partial charge in [-0.25, -0.2) is 4.98 Å². The van der Waals surface area contributed by atoms with Crippen LogP contribution in [0, 0.1) is 0 Å². The summed E-state index contributed by atoms with van der Waals surface area (Å²) in [5.41, 5.74) is 11.9. The molecule has 0 saturated heterocycles. The minimum atomic E-state index is 0.807. The van der Waals surface area contributed by atoms with Gasteiger partial charge in [-0.15, -0.1) is 0 Å². The minimum Gasteiger partial charge on any atom is -0.453 e. The lowest BCUT2D eigenvalue weighted by molar-refractivity contribution is 0.477. The van der Waals surface area contributed by atoms with Gasteiger partial charge in [-0.05, 0) is 134 Å². The van der Waals surface area contributed by atoms with Gasteiger partial charge in [0.15, 0.2) is 23.0 Å². The Bertz CT molecular complexity index is 3900. The number of para-hydroxylation sites is 8. The van der Waals surface area contributed by atoms with E-state index in [2.05, 4.69) is 168 Å². The molecule has 0 atom stereocenters. The Morgan fingerprint density at radius 1 is 0.333 bits per heavy atom. The lowest BCUT2D eigenvalue weighted by atomic mass is 9.86. The molecule has 0 saturated carbocycles. The van der Waals surface area contributed by atoms with Crippen molar-refractivity contribution in [3.05, 3.63) is 219 Å². The molecule has 66 heavy (non-hydrogen) atoms. The second-order valence-electron chi connectivity index (χ2n) is 16.9. The van der Waals surface area contributed by atoms with Gasteiger partial charge in [0.1, 0.15) is 0 Å². The van der Waals surface area contributed by atoms with E-state index in [-0.39, 0.29) is 0 Å². The molecule has 2 aliphatic rings. The summed E-state index contributed by atoms with van der Waals surface area (Å²) in [6, 6.07) is 75.1. The summed E-state index contributed by atoms with van der Waals surface area (Å²) >= 11 is 0. The fourth-order valence-corrected chi connectivity index (χ4v) is 10.2. The highest BCUT2D eigenvalue weighted by atomic mass is 16.5. The molecule has 0 N–H and O–H groups in total. The van der Waals surface area contributed by atoms with Crippen LogP contribution < -0.4 is 19.3 Å². The zero-order valence-electron chi connectivity index (χ0n) is 35.4. The highest BCUT2D eigenvalue weighted by molar-refractivity contribution is 6.23. The number of pyridine rings is 2. The maximum absolute atomic E-state index is 6.49. The van der Waals surface area contributed by atoms with Crippen LogP contribution in [0.15, 0.2) is 219 Å². The highest BCUT2D eigenvalue weighted by Gasteiger charge is 2.29. The molecular formula is C60H36N4O2. The number of fused-ring (bicyclic) bond motifs is 10. The van der Waals surface area contributed by atoms with Crippen LogP contribution in [0.5, 0.6) is 23.0 Å². The van der Waals surface area contributed by atoms with Gasteiger partial charge in [0.25, 0.3) is 0 Å². The van der Waals surface area contributed by atoms with Crippen molar-refractivity contribution in [3.8, 4) is 45.4 Å². The molecule has 14 rings (SSSR count). The Labute approximate surface area is 379 Å². The van der Waals surface area contributed by atoms with E-state index in [1.165, 1.54) is 10.8 Å². The molecule has 4 heterocycles. The third-order valence-electron chi connectivity index (χ3n) is 13.2. The SMILES string of the molecule is c1ccc2c(c1)Oc1ccccc1N2c1ccc2c(-c3ccc4ccc5cccnc5c4n3)c3cc(N4c5ccccc5Oc5ccccc54)ccc3c(-c3ccc4ccccc4c3)c2c1. The van der Waals surface area contributed by atoms with E-state index in [4.69, 9.17) is 19.4 Å². The zero-order chi connectivity index (χ0) is 43.3. The molecule has 0 aliphatic carbocycles. The fraction of sp³-hybridized carbons (Fsp3) is 0. The first kappa shape index (κ1) is 36.5. The van der Waals surface area contributed by atoms with E-state index < -0.39 is 0 Å². The van der Waals surface area contributed by atoms with Crippen molar-refractivity contribution in [2.24, 2.45) is 0 Å². The van der Waals surface area contributed by atoms with Crippen LogP contribution in [0.2, 0.25) is 0 Å². The van der Waals surface area contributed by atoms with Crippen molar-refractivity contribution < 1.29 is 9.47 Å². The second-order valence-corrected chi connectivity index (χ2v) is 16.9. The molecule has 0 bridgehead atoms. The molecule has 0 amide bonds. The minimum absolute atomic E-state index is 0.807. The maximum atomic E-state index is 6.49. The Morgan fingerprint density at radius 3 is 1.41 bits per heavy atom. The van der Waals surface area contributed by atoms with E-state index >= 15 is 0 Å². The van der Waals surface area contributed by atoms with Gasteiger partial charge < -0.3 is 19.3 Å². The third-order valence-corrected chi connectivity index (χ3v) is 13.2. The number of hydrogen-bond donors (Lipinski definition) is 0. The molecule has 308 valence electrons. The van der Waals surface area contributed by atoms with Crippen LogP contribution in [-0.2, 0) is 0 Å². The number of hydrogen-bond acceptors (Lipinski definition) is 6. The molecule has 6 heteroatoms. The first-order valence-electron chi connectivity index (χ1n) is 22.2. The quantitative estimate of drug-likeness (QED) is 0.130. The van der Waals surface area contributed by atoms with Crippen LogP contribution in [0.25, 0.3) is 76.5 Å². The van der Waals surface area contributed by atoms with Gasteiger partial charge in [-0.3, -0.25) is 4.98 Å². The van der Waals surface area contributed by atoms with Crippen LogP contribution in [0.3, 0.4) is 0 Å². The molecule has 0 spiro atoms. The number of ether oxygens (including phenoxy) is 2. The van der Waals surface area contributed by atoms with Crippen LogP contribution in [0.1, 0.15) is 0 Å². The predicted molar refractivity (Wildman–Crippen MR) is 270 cm³/mol. The van der Waals surface area contributed by atoms with Crippen molar-refractivity contribution in [1.29, 1.82) is 0 Å². The molecule has 10 aromatic carbocycles. The molecule has 0 radical (unpaired) electrons. The number of nitrogens with zero attached hydrogens (tertiary/aromatic N) is 4. The van der Waals surface area contributed by atoms with Crippen LogP contribution in [-0.4, -0.2) is 9.97 Å². The van der Waals surface area contributed by atoms with Crippen LogP contribution in [0.4, 0.5) is 34.1 Å². The molecule has 0 fully saturated rings. The first-order chi connectivity index (χ1) is 32.7. The second kappa shape index (κ2) is 14.3. The van der Waals surface area contributed by atoms with Crippen LogP contribution >= 0.6 is 0 Å². The molecule has 6 nitrogen and oxygen atoms in total. The smallest absolute Gasteiger partial charge is 0.151 e. The lowest BCUT2D eigenvalue weighted by Gasteiger charge is -2.33. The standard InChI is InChI=1S/C60H36N4O2/c1-2-13-40-34-41(26-23-37(40)12-1)57-44-30-28-43(64-51-17-5-9-21-55(51)66-56-22-10-6-18-52(56)64)36-47(44)58(48-32-27-39-25-24-38-14-11-33-61-59(38)60(39)62-48)45-31-29-42(35-46(45)57)63-49-15-3-7-19-53(49)65-54-20-8-4-16-50(54)63/h1-36H. The van der Waals surface area contributed by atoms with Gasteiger partial charge >= 0.3 is 0 Å².